The van der Waals surface area contributed by atoms with Gasteiger partial charge in [-0.3, -0.25) is 4.68 Å². The van der Waals surface area contributed by atoms with Crippen LogP contribution in [-0.4, -0.2) is 22.9 Å². The molecular weight excluding hydrogens is 210 g/mol. The number of rotatable bonds is 7. The van der Waals surface area contributed by atoms with Gasteiger partial charge in [0.2, 0.25) is 0 Å². The van der Waals surface area contributed by atoms with E-state index in [2.05, 4.69) is 50.7 Å². The van der Waals surface area contributed by atoms with E-state index in [0.29, 0.717) is 12.0 Å². The molecule has 1 N–H and O–H groups in total. The van der Waals surface area contributed by atoms with Gasteiger partial charge >= 0.3 is 0 Å². The first-order valence-electron chi connectivity index (χ1n) is 6.91. The van der Waals surface area contributed by atoms with Crippen LogP contribution in [-0.2, 0) is 12.8 Å². The Bertz CT molecular complexity index is 328. The van der Waals surface area contributed by atoms with Gasteiger partial charge in [0.1, 0.15) is 0 Å². The van der Waals surface area contributed by atoms with Gasteiger partial charge in [0.15, 0.2) is 0 Å². The summed E-state index contributed by atoms with van der Waals surface area (Å²) >= 11 is 0. The lowest BCUT2D eigenvalue weighted by molar-refractivity contribution is 0.323. The van der Waals surface area contributed by atoms with E-state index in [4.69, 9.17) is 5.10 Å². The minimum atomic E-state index is 0.463. The van der Waals surface area contributed by atoms with Crippen LogP contribution in [0.25, 0.3) is 0 Å². The van der Waals surface area contributed by atoms with E-state index in [1.165, 1.54) is 11.4 Å². The number of aryl methyl sites for hydroxylation is 2. The summed E-state index contributed by atoms with van der Waals surface area (Å²) in [5.41, 5.74) is 2.57. The molecule has 1 atom stereocenters. The Morgan fingerprint density at radius 2 is 1.94 bits per heavy atom. The van der Waals surface area contributed by atoms with Gasteiger partial charge in [0.25, 0.3) is 0 Å². The minimum Gasteiger partial charge on any atom is -0.315 e. The summed E-state index contributed by atoms with van der Waals surface area (Å²) in [6.45, 7) is 13.1. The SMILES string of the molecule is CCNCC(C(C)C)n1nc(CC)cc1CC. The first-order chi connectivity index (χ1) is 8.13. The van der Waals surface area contributed by atoms with E-state index in [9.17, 15) is 0 Å². The first kappa shape index (κ1) is 14.2. The molecule has 1 rings (SSSR count). The molecule has 0 amide bonds. The fourth-order valence-corrected chi connectivity index (χ4v) is 2.11. The van der Waals surface area contributed by atoms with E-state index >= 15 is 0 Å². The summed E-state index contributed by atoms with van der Waals surface area (Å²) in [7, 11) is 0. The van der Waals surface area contributed by atoms with Gasteiger partial charge in [-0.15, -0.1) is 0 Å². The van der Waals surface area contributed by atoms with Gasteiger partial charge in [0, 0.05) is 12.2 Å². The van der Waals surface area contributed by atoms with Crippen molar-refractivity contribution < 1.29 is 0 Å². The fraction of sp³-hybridized carbons (Fsp3) is 0.786. The van der Waals surface area contributed by atoms with Gasteiger partial charge in [-0.25, -0.2) is 0 Å². The Hall–Kier alpha value is -0.830. The van der Waals surface area contributed by atoms with Gasteiger partial charge in [-0.2, -0.15) is 5.10 Å². The van der Waals surface area contributed by atoms with Crippen LogP contribution >= 0.6 is 0 Å². The highest BCUT2D eigenvalue weighted by Gasteiger charge is 2.19. The van der Waals surface area contributed by atoms with Crippen LogP contribution in [0.1, 0.15) is 52.0 Å². The monoisotopic (exact) mass is 237 g/mol. The maximum absolute atomic E-state index is 4.75. The molecule has 0 aromatic carbocycles. The maximum Gasteiger partial charge on any atom is 0.0669 e. The number of nitrogens with zero attached hydrogens (tertiary/aromatic N) is 2. The second-order valence-corrected chi connectivity index (χ2v) is 4.90. The normalized spacial score (nSPS) is 13.3. The van der Waals surface area contributed by atoms with E-state index in [1.807, 2.05) is 0 Å². The van der Waals surface area contributed by atoms with Crippen molar-refractivity contribution in [3.8, 4) is 0 Å². The molecule has 0 bridgehead atoms. The van der Waals surface area contributed by atoms with Gasteiger partial charge in [-0.05, 0) is 31.4 Å². The Morgan fingerprint density at radius 1 is 1.24 bits per heavy atom. The van der Waals surface area contributed by atoms with Crippen molar-refractivity contribution in [2.24, 2.45) is 5.92 Å². The second-order valence-electron chi connectivity index (χ2n) is 4.90. The van der Waals surface area contributed by atoms with E-state index in [1.54, 1.807) is 0 Å². The molecule has 0 spiro atoms. The zero-order valence-electron chi connectivity index (χ0n) is 12.0. The number of hydrogen-bond donors (Lipinski definition) is 1. The average molecular weight is 237 g/mol. The zero-order chi connectivity index (χ0) is 12.8. The van der Waals surface area contributed by atoms with Crippen molar-refractivity contribution in [3.05, 3.63) is 17.5 Å². The molecule has 1 aromatic heterocycles. The van der Waals surface area contributed by atoms with E-state index < -0.39 is 0 Å². The Labute approximate surface area is 106 Å². The second kappa shape index (κ2) is 6.80. The quantitative estimate of drug-likeness (QED) is 0.790. The molecule has 17 heavy (non-hydrogen) atoms. The van der Waals surface area contributed by atoms with Crippen molar-refractivity contribution in [3.63, 3.8) is 0 Å². The van der Waals surface area contributed by atoms with Crippen LogP contribution < -0.4 is 5.32 Å². The van der Waals surface area contributed by atoms with Crippen LogP contribution in [0.15, 0.2) is 6.07 Å². The zero-order valence-corrected chi connectivity index (χ0v) is 12.0. The predicted octanol–water partition coefficient (Wildman–Crippen LogP) is 2.81. The molecule has 0 fully saturated rings. The first-order valence-corrected chi connectivity index (χ1v) is 6.91. The molecule has 0 saturated heterocycles. The largest absolute Gasteiger partial charge is 0.315 e. The van der Waals surface area contributed by atoms with E-state index in [-0.39, 0.29) is 0 Å². The molecule has 3 nitrogen and oxygen atoms in total. The number of aromatic nitrogens is 2. The topological polar surface area (TPSA) is 29.9 Å². The minimum absolute atomic E-state index is 0.463. The molecule has 1 unspecified atom stereocenters. The highest BCUT2D eigenvalue weighted by molar-refractivity contribution is 5.11. The van der Waals surface area contributed by atoms with Crippen molar-refractivity contribution in [2.45, 2.75) is 53.5 Å². The Balaban J connectivity index is 2.95. The Morgan fingerprint density at radius 3 is 2.41 bits per heavy atom. The number of likely N-dealkylation sites (N-methyl/N-ethyl adjacent to an activating group) is 1. The van der Waals surface area contributed by atoms with Crippen LogP contribution in [0.3, 0.4) is 0 Å². The summed E-state index contributed by atoms with van der Waals surface area (Å²) in [6.07, 6.45) is 2.08. The summed E-state index contributed by atoms with van der Waals surface area (Å²) < 4.78 is 2.24. The summed E-state index contributed by atoms with van der Waals surface area (Å²) in [5.74, 6) is 0.601. The van der Waals surface area contributed by atoms with Gasteiger partial charge < -0.3 is 5.32 Å². The molecule has 0 aliphatic heterocycles. The standard InChI is InChI=1S/C14H27N3/c1-6-12-9-13(7-2)17(16-12)14(11(4)5)10-15-8-3/h9,11,14-15H,6-8,10H2,1-5H3. The van der Waals surface area contributed by atoms with Crippen LogP contribution in [0.2, 0.25) is 0 Å². The lowest BCUT2D eigenvalue weighted by Crippen LogP contribution is -2.30. The third-order valence-corrected chi connectivity index (χ3v) is 3.28. The van der Waals surface area contributed by atoms with Crippen LogP contribution in [0.5, 0.6) is 0 Å². The lowest BCUT2D eigenvalue weighted by atomic mass is 10.0. The van der Waals surface area contributed by atoms with Gasteiger partial charge in [-0.1, -0.05) is 34.6 Å². The fourth-order valence-electron chi connectivity index (χ4n) is 2.11. The molecule has 1 aromatic rings. The smallest absolute Gasteiger partial charge is 0.0669 e. The predicted molar refractivity (Wildman–Crippen MR) is 73.4 cm³/mol. The summed E-state index contributed by atoms with van der Waals surface area (Å²) in [4.78, 5) is 0. The molecule has 0 radical (unpaired) electrons. The maximum atomic E-state index is 4.75. The molecule has 3 heteroatoms. The average Bonchev–Trinajstić information content (AvgIpc) is 2.72. The molecular formula is C14H27N3. The Kier molecular flexibility index (Phi) is 5.69. The number of nitrogens with one attached hydrogen (secondary N) is 1. The van der Waals surface area contributed by atoms with Crippen LogP contribution in [0.4, 0.5) is 0 Å². The van der Waals surface area contributed by atoms with Crippen LogP contribution in [0, 0.1) is 5.92 Å². The van der Waals surface area contributed by atoms with Crippen molar-refractivity contribution in [1.29, 1.82) is 0 Å². The third kappa shape index (κ3) is 3.56. The molecule has 0 aliphatic carbocycles. The molecule has 1 heterocycles. The van der Waals surface area contributed by atoms with Crippen molar-refractivity contribution in [1.82, 2.24) is 15.1 Å². The third-order valence-electron chi connectivity index (χ3n) is 3.28. The summed E-state index contributed by atoms with van der Waals surface area (Å²) in [6, 6.07) is 2.71. The van der Waals surface area contributed by atoms with Gasteiger partial charge in [0.05, 0.1) is 11.7 Å². The molecule has 0 aliphatic rings. The van der Waals surface area contributed by atoms with Crippen molar-refractivity contribution in [2.75, 3.05) is 13.1 Å². The van der Waals surface area contributed by atoms with E-state index in [0.717, 1.165) is 25.9 Å². The lowest BCUT2D eigenvalue weighted by Gasteiger charge is -2.23. The summed E-state index contributed by atoms with van der Waals surface area (Å²) in [5, 5.41) is 8.20. The molecule has 0 saturated carbocycles. The highest BCUT2D eigenvalue weighted by atomic mass is 15.3. The van der Waals surface area contributed by atoms with Crippen molar-refractivity contribution >= 4 is 0 Å². The number of hydrogen-bond acceptors (Lipinski definition) is 2. The molecule has 98 valence electrons. The highest BCUT2D eigenvalue weighted by Crippen LogP contribution is 2.20.